The summed E-state index contributed by atoms with van der Waals surface area (Å²) in [6, 6.07) is 0. The Morgan fingerprint density at radius 1 is 1.33 bits per heavy atom. The Morgan fingerprint density at radius 2 is 1.33 bits per heavy atom. The normalized spacial score (nSPS) is 6.00. The summed E-state index contributed by atoms with van der Waals surface area (Å²) in [7, 11) is 0. The third-order valence-corrected chi connectivity index (χ3v) is 0. The first-order valence-electron chi connectivity index (χ1n) is 0.983. The fourth-order valence-corrected chi connectivity index (χ4v) is 0. The maximum Gasteiger partial charge on any atom is 1.00 e. The van der Waals surface area contributed by atoms with Gasteiger partial charge in [0, 0.05) is 0 Å². The molecular formula is C2H6BrLiOS. The van der Waals surface area contributed by atoms with Crippen LogP contribution in [0.5, 0.6) is 0 Å². The van der Waals surface area contributed by atoms with Crippen LogP contribution in [-0.2, 0) is 11.2 Å². The molecule has 0 unspecified atom stereocenters. The summed E-state index contributed by atoms with van der Waals surface area (Å²) in [5.41, 5.74) is 0. The summed E-state index contributed by atoms with van der Waals surface area (Å²) < 4.78 is 9.56. The average Bonchev–Trinajstić information content (AvgIpc) is 0.811. The van der Waals surface area contributed by atoms with Crippen LogP contribution >= 0.6 is 0 Å². The van der Waals surface area contributed by atoms with Crippen molar-refractivity contribution in [1.29, 1.82) is 0 Å². The molecule has 1 nitrogen and oxygen atoms in total. The molecule has 0 aliphatic rings. The summed E-state index contributed by atoms with van der Waals surface area (Å²) in [6.07, 6.45) is 3.28. The molecule has 0 saturated carbocycles. The molecule has 6 heavy (non-hydrogen) atoms. The molecule has 4 heteroatoms. The molecule has 0 aliphatic carbocycles. The average molecular weight is 165 g/mol. The third kappa shape index (κ3) is 53.9. The van der Waals surface area contributed by atoms with E-state index in [-0.39, 0.29) is 35.8 Å². The number of halogens is 1. The largest absolute Gasteiger partial charge is 1.00 e. The minimum Gasteiger partial charge on any atom is -1.00 e. The van der Waals surface area contributed by atoms with Crippen LogP contribution in [0.3, 0.4) is 0 Å². The van der Waals surface area contributed by atoms with E-state index in [0.717, 1.165) is 0 Å². The van der Waals surface area contributed by atoms with Crippen LogP contribution in [0.1, 0.15) is 0 Å². The third-order valence-electron chi connectivity index (χ3n) is 0. The molecular weight excluding hydrogens is 159 g/mol. The van der Waals surface area contributed by atoms with Crippen molar-refractivity contribution in [2.45, 2.75) is 0 Å². The first-order valence-corrected chi connectivity index (χ1v) is 2.95. The maximum absolute atomic E-state index is 9.56. The van der Waals surface area contributed by atoms with E-state index in [9.17, 15) is 4.55 Å². The molecule has 0 spiro atoms. The summed E-state index contributed by atoms with van der Waals surface area (Å²) in [5, 5.41) is 0. The molecule has 0 N–H and O–H groups in total. The van der Waals surface area contributed by atoms with Crippen molar-refractivity contribution < 1.29 is 40.4 Å². The second kappa shape index (κ2) is 9.63. The molecule has 0 amide bonds. The zero-order valence-electron chi connectivity index (χ0n) is 4.19. The van der Waals surface area contributed by atoms with Crippen molar-refractivity contribution in [3.63, 3.8) is 0 Å². The van der Waals surface area contributed by atoms with E-state index < -0.39 is 11.2 Å². The van der Waals surface area contributed by atoms with Gasteiger partial charge in [0.05, 0.1) is 12.5 Å². The Labute approximate surface area is 64.0 Å². The molecule has 0 fully saturated rings. The van der Waals surface area contributed by atoms with Gasteiger partial charge in [0.2, 0.25) is 0 Å². The van der Waals surface area contributed by atoms with E-state index in [4.69, 9.17) is 0 Å². The second-order valence-corrected chi connectivity index (χ2v) is 2.22. The van der Waals surface area contributed by atoms with Gasteiger partial charge in [-0.2, -0.15) is 0 Å². The Kier molecular flexibility index (Phi) is 25.1. The van der Waals surface area contributed by atoms with Crippen LogP contribution in [0.25, 0.3) is 0 Å². The minimum absolute atomic E-state index is 0. The molecule has 0 radical (unpaired) electrons. The standard InChI is InChI=1S/C2H6OS.BrH.Li/c1-4(2)3;;/h1-2H3;1H;/q;;+1/p-1. The molecule has 0 bridgehead atoms. The molecule has 34 valence electrons. The predicted octanol–water partition coefficient (Wildman–Crippen LogP) is -6.00. The summed E-state index contributed by atoms with van der Waals surface area (Å²) >= 11 is -0.611. The summed E-state index contributed by atoms with van der Waals surface area (Å²) in [5.74, 6) is 0. The van der Waals surface area contributed by atoms with Gasteiger partial charge in [0.25, 0.3) is 0 Å². The van der Waals surface area contributed by atoms with Crippen LogP contribution in [0.2, 0.25) is 0 Å². The van der Waals surface area contributed by atoms with Crippen LogP contribution in [0.4, 0.5) is 0 Å². The topological polar surface area (TPSA) is 23.1 Å². The van der Waals surface area contributed by atoms with Gasteiger partial charge < -0.3 is 21.5 Å². The van der Waals surface area contributed by atoms with Crippen molar-refractivity contribution in [2.75, 3.05) is 12.5 Å². The van der Waals surface area contributed by atoms with Gasteiger partial charge in [-0.3, -0.25) is 0 Å². The zero-order valence-corrected chi connectivity index (χ0v) is 6.60. The molecule has 0 aliphatic heterocycles. The fraction of sp³-hybridized carbons (Fsp3) is 1.00. The SMILES string of the molecule is C[S+](C)[O-].[Br-].[Li+]. The summed E-state index contributed by atoms with van der Waals surface area (Å²) in [4.78, 5) is 0. The van der Waals surface area contributed by atoms with Crippen molar-refractivity contribution >= 4 is 11.2 Å². The Hall–Kier alpha value is 1.39. The number of hydrogen-bond acceptors (Lipinski definition) is 1. The first-order chi connectivity index (χ1) is 1.73. The molecule has 0 aromatic carbocycles. The first kappa shape index (κ1) is 15.7. The van der Waals surface area contributed by atoms with Gasteiger partial charge in [-0.15, -0.1) is 0 Å². The monoisotopic (exact) mass is 164 g/mol. The molecule has 0 aromatic heterocycles. The van der Waals surface area contributed by atoms with Crippen molar-refractivity contribution in [1.82, 2.24) is 0 Å². The fourth-order valence-electron chi connectivity index (χ4n) is 0. The van der Waals surface area contributed by atoms with Crippen molar-refractivity contribution in [2.24, 2.45) is 0 Å². The van der Waals surface area contributed by atoms with Gasteiger partial charge >= 0.3 is 18.9 Å². The number of hydrogen-bond donors (Lipinski definition) is 0. The van der Waals surface area contributed by atoms with Crippen molar-refractivity contribution in [3.8, 4) is 0 Å². The van der Waals surface area contributed by atoms with Gasteiger partial charge in [-0.25, -0.2) is 0 Å². The zero-order chi connectivity index (χ0) is 3.58. The Bertz CT molecular complexity index is 18.3. The molecule has 0 saturated heterocycles. The van der Waals surface area contributed by atoms with E-state index in [1.807, 2.05) is 0 Å². The molecule has 0 rings (SSSR count). The van der Waals surface area contributed by atoms with Gasteiger partial charge in [0.15, 0.2) is 0 Å². The molecule has 0 atom stereocenters. The Morgan fingerprint density at radius 3 is 1.33 bits per heavy atom. The minimum atomic E-state index is -0.611. The van der Waals surface area contributed by atoms with E-state index in [0.29, 0.717) is 0 Å². The van der Waals surface area contributed by atoms with Crippen LogP contribution in [0.15, 0.2) is 0 Å². The smallest absolute Gasteiger partial charge is 1.00 e. The van der Waals surface area contributed by atoms with E-state index in [2.05, 4.69) is 0 Å². The second-order valence-electron chi connectivity index (χ2n) is 0.742. The molecule has 0 aromatic rings. The van der Waals surface area contributed by atoms with Crippen LogP contribution < -0.4 is 35.8 Å². The predicted molar refractivity (Wildman–Crippen MR) is 20.0 cm³/mol. The number of rotatable bonds is 0. The van der Waals surface area contributed by atoms with Crippen LogP contribution in [-0.4, -0.2) is 17.1 Å². The van der Waals surface area contributed by atoms with Crippen molar-refractivity contribution in [3.05, 3.63) is 0 Å². The van der Waals surface area contributed by atoms with Gasteiger partial charge in [-0.1, -0.05) is 11.2 Å². The van der Waals surface area contributed by atoms with Gasteiger partial charge in [-0.05, 0) is 0 Å². The van der Waals surface area contributed by atoms with Crippen LogP contribution in [0, 0.1) is 0 Å². The van der Waals surface area contributed by atoms with E-state index >= 15 is 0 Å². The van der Waals surface area contributed by atoms with E-state index in [1.54, 1.807) is 12.5 Å². The molecule has 0 heterocycles. The summed E-state index contributed by atoms with van der Waals surface area (Å²) in [6.45, 7) is 0. The van der Waals surface area contributed by atoms with E-state index in [1.165, 1.54) is 0 Å². The quantitative estimate of drug-likeness (QED) is 0.259. The van der Waals surface area contributed by atoms with Gasteiger partial charge in [0.1, 0.15) is 0 Å². The Balaban J connectivity index is -0.0000000450. The maximum atomic E-state index is 9.56.